The number of hydrogen-bond donors (Lipinski definition) is 0. The molecule has 7 nitrogen and oxygen atoms in total. The van der Waals surface area contributed by atoms with E-state index in [4.69, 9.17) is 9.47 Å². The van der Waals surface area contributed by atoms with Gasteiger partial charge < -0.3 is 14.4 Å². The van der Waals surface area contributed by atoms with E-state index in [2.05, 4.69) is 4.90 Å². The average molecular weight is 399 g/mol. The van der Waals surface area contributed by atoms with Gasteiger partial charge in [-0.05, 0) is 26.8 Å². The molecule has 0 saturated carbocycles. The zero-order chi connectivity index (χ0) is 20.2. The molecule has 2 rings (SSSR count). The van der Waals surface area contributed by atoms with E-state index < -0.39 is 15.4 Å². The summed E-state index contributed by atoms with van der Waals surface area (Å²) in [6.07, 6.45) is 0.882. The smallest absolute Gasteiger partial charge is 0.410 e. The lowest BCUT2D eigenvalue weighted by Crippen LogP contribution is -2.52. The summed E-state index contributed by atoms with van der Waals surface area (Å²) in [7, 11) is -1.47. The first-order valence-corrected chi connectivity index (χ1v) is 11.1. The zero-order valence-electron chi connectivity index (χ0n) is 16.8. The predicted octanol–water partition coefficient (Wildman–Crippen LogP) is 2.33. The molecule has 1 amide bonds. The van der Waals surface area contributed by atoms with Crippen LogP contribution in [0.25, 0.3) is 0 Å². The van der Waals surface area contributed by atoms with E-state index in [-0.39, 0.29) is 17.9 Å². The highest BCUT2D eigenvalue weighted by Crippen LogP contribution is 2.32. The molecule has 0 aliphatic carbocycles. The fraction of sp³-hybridized carbons (Fsp3) is 0.632. The molecule has 1 saturated heterocycles. The second-order valence-corrected chi connectivity index (χ2v) is 10.1. The van der Waals surface area contributed by atoms with Crippen molar-refractivity contribution in [2.75, 3.05) is 45.3 Å². The fourth-order valence-corrected chi connectivity index (χ4v) is 3.67. The van der Waals surface area contributed by atoms with Crippen molar-refractivity contribution < 1.29 is 22.7 Å². The Kier molecular flexibility index (Phi) is 6.75. The van der Waals surface area contributed by atoms with Gasteiger partial charge in [-0.25, -0.2) is 13.2 Å². The first-order valence-electron chi connectivity index (χ1n) is 9.03. The number of hydrogen-bond acceptors (Lipinski definition) is 6. The highest BCUT2D eigenvalue weighted by atomic mass is 32.2. The third kappa shape index (κ3) is 6.39. The molecule has 152 valence electrons. The maximum Gasteiger partial charge on any atom is 0.410 e. The molecule has 1 atom stereocenters. The number of benzene rings is 1. The number of amides is 1. The summed E-state index contributed by atoms with van der Waals surface area (Å²) in [5.41, 5.74) is 0.367. The van der Waals surface area contributed by atoms with Crippen LogP contribution in [0.5, 0.6) is 5.75 Å². The largest absolute Gasteiger partial charge is 0.496 e. The Morgan fingerprint density at radius 3 is 2.48 bits per heavy atom. The molecule has 0 aromatic heterocycles. The van der Waals surface area contributed by atoms with E-state index in [9.17, 15) is 13.2 Å². The summed E-state index contributed by atoms with van der Waals surface area (Å²) in [6.45, 7) is 7.39. The Labute approximate surface area is 162 Å². The first-order chi connectivity index (χ1) is 12.5. The molecular formula is C19H30N2O5S. The van der Waals surface area contributed by atoms with Gasteiger partial charge in [-0.1, -0.05) is 18.2 Å². The van der Waals surface area contributed by atoms with Gasteiger partial charge in [0.25, 0.3) is 0 Å². The summed E-state index contributed by atoms with van der Waals surface area (Å²) in [5, 5.41) is 0. The summed E-state index contributed by atoms with van der Waals surface area (Å²) in [4.78, 5) is 16.3. The molecule has 0 bridgehead atoms. The molecule has 0 spiro atoms. The Hall–Kier alpha value is -1.80. The molecule has 8 heteroatoms. The van der Waals surface area contributed by atoms with Crippen LogP contribution in [0.2, 0.25) is 0 Å². The van der Waals surface area contributed by atoms with Gasteiger partial charge >= 0.3 is 6.09 Å². The van der Waals surface area contributed by atoms with Gasteiger partial charge in [-0.15, -0.1) is 0 Å². The van der Waals surface area contributed by atoms with Crippen molar-refractivity contribution in [1.29, 1.82) is 0 Å². The summed E-state index contributed by atoms with van der Waals surface area (Å²) < 4.78 is 34.3. The molecule has 0 radical (unpaired) electrons. The number of carbonyl (C=O) groups excluding carboxylic acids is 1. The van der Waals surface area contributed by atoms with Crippen molar-refractivity contribution >= 4 is 15.9 Å². The number of sulfone groups is 1. The SMILES string of the molecule is COc1ccccc1C1CN(C(=O)OC(C)(C)C)CCN1CCS(C)(=O)=O. The minimum absolute atomic E-state index is 0.0745. The lowest BCUT2D eigenvalue weighted by Gasteiger charge is -2.42. The Balaban J connectivity index is 2.26. The third-order valence-corrected chi connectivity index (χ3v) is 5.31. The third-order valence-electron chi connectivity index (χ3n) is 4.39. The van der Waals surface area contributed by atoms with E-state index in [1.807, 2.05) is 45.0 Å². The normalized spacial score (nSPS) is 19.0. The number of piperazine rings is 1. The van der Waals surface area contributed by atoms with E-state index >= 15 is 0 Å². The minimum atomic E-state index is -3.08. The predicted molar refractivity (Wildman–Crippen MR) is 105 cm³/mol. The van der Waals surface area contributed by atoms with Crippen LogP contribution in [-0.4, -0.2) is 75.2 Å². The van der Waals surface area contributed by atoms with Crippen molar-refractivity contribution in [1.82, 2.24) is 9.80 Å². The van der Waals surface area contributed by atoms with E-state index in [1.54, 1.807) is 12.0 Å². The first kappa shape index (κ1) is 21.5. The Morgan fingerprint density at radius 1 is 1.22 bits per heavy atom. The number of methoxy groups -OCH3 is 1. The Morgan fingerprint density at radius 2 is 1.89 bits per heavy atom. The molecule has 1 aliphatic heterocycles. The van der Waals surface area contributed by atoms with Gasteiger partial charge in [-0.3, -0.25) is 4.90 Å². The molecule has 1 heterocycles. The van der Waals surface area contributed by atoms with Gasteiger partial charge in [0.15, 0.2) is 0 Å². The molecule has 1 aromatic carbocycles. The number of nitrogens with zero attached hydrogens (tertiary/aromatic N) is 2. The van der Waals surface area contributed by atoms with Crippen LogP contribution in [0.1, 0.15) is 32.4 Å². The van der Waals surface area contributed by atoms with Crippen molar-refractivity contribution in [3.05, 3.63) is 29.8 Å². The zero-order valence-corrected chi connectivity index (χ0v) is 17.6. The molecule has 1 fully saturated rings. The second-order valence-electron chi connectivity index (χ2n) is 7.85. The minimum Gasteiger partial charge on any atom is -0.496 e. The summed E-state index contributed by atoms with van der Waals surface area (Å²) in [5.74, 6) is 0.795. The van der Waals surface area contributed by atoms with E-state index in [0.29, 0.717) is 26.2 Å². The average Bonchev–Trinajstić information content (AvgIpc) is 2.57. The van der Waals surface area contributed by atoms with Gasteiger partial charge in [0.05, 0.1) is 18.9 Å². The highest BCUT2D eigenvalue weighted by molar-refractivity contribution is 7.90. The van der Waals surface area contributed by atoms with Crippen LogP contribution in [0.4, 0.5) is 4.79 Å². The molecule has 27 heavy (non-hydrogen) atoms. The van der Waals surface area contributed by atoms with Crippen molar-refractivity contribution in [3.63, 3.8) is 0 Å². The summed E-state index contributed by atoms with van der Waals surface area (Å²) >= 11 is 0. The number of carbonyl (C=O) groups is 1. The van der Waals surface area contributed by atoms with Crippen molar-refractivity contribution in [3.8, 4) is 5.75 Å². The molecule has 0 N–H and O–H groups in total. The fourth-order valence-electron chi connectivity index (χ4n) is 3.10. The van der Waals surface area contributed by atoms with Gasteiger partial charge in [0, 0.05) is 38.0 Å². The van der Waals surface area contributed by atoms with E-state index in [0.717, 1.165) is 11.3 Å². The molecule has 1 aromatic rings. The molecule has 1 aliphatic rings. The van der Waals surface area contributed by atoms with Gasteiger partial charge in [0.1, 0.15) is 21.2 Å². The van der Waals surface area contributed by atoms with Crippen LogP contribution >= 0.6 is 0 Å². The van der Waals surface area contributed by atoms with Gasteiger partial charge in [0.2, 0.25) is 0 Å². The van der Waals surface area contributed by atoms with Crippen LogP contribution < -0.4 is 4.74 Å². The van der Waals surface area contributed by atoms with Gasteiger partial charge in [-0.2, -0.15) is 0 Å². The van der Waals surface area contributed by atoms with Crippen molar-refractivity contribution in [2.24, 2.45) is 0 Å². The topological polar surface area (TPSA) is 76.2 Å². The van der Waals surface area contributed by atoms with Crippen LogP contribution in [0.3, 0.4) is 0 Å². The van der Waals surface area contributed by atoms with E-state index in [1.165, 1.54) is 6.26 Å². The monoisotopic (exact) mass is 398 g/mol. The standard InChI is InChI=1S/C19H30N2O5S/c1-19(2,3)26-18(22)21-11-10-20(12-13-27(5,23)24)16(14-21)15-8-6-7-9-17(15)25-4/h6-9,16H,10-14H2,1-5H3. The molecule has 1 unspecified atom stereocenters. The highest BCUT2D eigenvalue weighted by Gasteiger charge is 2.34. The van der Waals surface area contributed by atoms with Crippen LogP contribution in [0, 0.1) is 0 Å². The number of rotatable bonds is 5. The molecular weight excluding hydrogens is 368 g/mol. The Bertz CT molecular complexity index is 758. The maximum absolute atomic E-state index is 12.5. The lowest BCUT2D eigenvalue weighted by atomic mass is 10.0. The quantitative estimate of drug-likeness (QED) is 0.758. The van der Waals surface area contributed by atoms with Crippen LogP contribution in [-0.2, 0) is 14.6 Å². The number of ether oxygens (including phenoxy) is 2. The lowest BCUT2D eigenvalue weighted by molar-refractivity contribution is 0.00411. The second kappa shape index (κ2) is 8.48. The maximum atomic E-state index is 12.5. The number of para-hydroxylation sites is 1. The van der Waals surface area contributed by atoms with Crippen LogP contribution in [0.15, 0.2) is 24.3 Å². The summed E-state index contributed by atoms with van der Waals surface area (Å²) in [6, 6.07) is 7.46. The van der Waals surface area contributed by atoms with Crippen molar-refractivity contribution in [2.45, 2.75) is 32.4 Å².